The van der Waals surface area contributed by atoms with Crippen molar-refractivity contribution in [2.75, 3.05) is 40.9 Å². The summed E-state index contributed by atoms with van der Waals surface area (Å²) in [6.07, 6.45) is 39.7. The van der Waals surface area contributed by atoms with Gasteiger partial charge in [-0.25, -0.2) is 4.57 Å². The molecule has 9 heteroatoms. The van der Waals surface area contributed by atoms with E-state index in [9.17, 15) is 19.4 Å². The number of aliphatic hydroxyl groups excluding tert-OH is 1. The van der Waals surface area contributed by atoms with Crippen LogP contribution in [-0.2, 0) is 18.4 Å². The molecule has 3 N–H and O–H groups in total. The second-order valence-electron chi connectivity index (χ2n) is 13.2. The number of hydrogen-bond acceptors (Lipinski definition) is 5. The fraction of sp³-hybridized carbons (Fsp3) is 0.667. The van der Waals surface area contributed by atoms with Gasteiger partial charge in [0.2, 0.25) is 5.91 Å². The highest BCUT2D eigenvalue weighted by molar-refractivity contribution is 7.47. The van der Waals surface area contributed by atoms with Gasteiger partial charge in [-0.2, -0.15) is 0 Å². The number of nitrogens with one attached hydrogen (secondary N) is 1. The predicted octanol–water partition coefficient (Wildman–Crippen LogP) is 9.29. The molecule has 8 nitrogen and oxygen atoms in total. The number of carbonyl (C=O) groups is 1. The van der Waals surface area contributed by atoms with Crippen LogP contribution in [0.25, 0.3) is 0 Å². The first-order valence-electron chi connectivity index (χ1n) is 18.3. The van der Waals surface area contributed by atoms with Crippen LogP contribution >= 0.6 is 7.82 Å². The molecule has 0 radical (unpaired) electrons. The van der Waals surface area contributed by atoms with Crippen LogP contribution in [0.4, 0.5) is 0 Å². The summed E-state index contributed by atoms with van der Waals surface area (Å²) in [4.78, 5) is 22.9. The first-order chi connectivity index (χ1) is 23.0. The molecule has 0 saturated heterocycles. The number of likely N-dealkylation sites (N-methyl/N-ethyl adjacent to an activating group) is 1. The standard InChI is InChI=1S/C39H69N2O6P/c1-6-8-10-12-14-16-18-19-20-21-23-25-27-29-31-33-39(43)40-37(36-47-48(44,45)46-35-34-41(3,4)5)38(42)32-30-28-26-24-22-17-15-13-11-9-7-2/h8,10-11,13-14,16,19-20,22,24,30,32,37-38,42H,6-7,9,12,15,17-18,21,23,25-29,31,33-36H2,1-5H3,(H-,40,43,44,45)/p+1/b10-8-,13-11+,16-14-,20-19-,24-22+,32-30+. The first-order valence-corrected chi connectivity index (χ1v) is 19.8. The summed E-state index contributed by atoms with van der Waals surface area (Å²) in [6, 6.07) is -0.879. The molecule has 0 saturated carbocycles. The van der Waals surface area contributed by atoms with E-state index in [4.69, 9.17) is 9.05 Å². The molecule has 0 fully saturated rings. The molecule has 0 aliphatic heterocycles. The Morgan fingerprint density at radius 3 is 1.90 bits per heavy atom. The predicted molar refractivity (Wildman–Crippen MR) is 203 cm³/mol. The van der Waals surface area contributed by atoms with Crippen molar-refractivity contribution in [2.24, 2.45) is 0 Å². The van der Waals surface area contributed by atoms with Gasteiger partial charge in [-0.15, -0.1) is 0 Å². The zero-order valence-corrected chi connectivity index (χ0v) is 31.8. The van der Waals surface area contributed by atoms with E-state index >= 15 is 0 Å². The average molecular weight is 694 g/mol. The number of allylic oxidation sites excluding steroid dienone is 11. The number of carbonyl (C=O) groups excluding carboxylic acids is 1. The third-order valence-corrected chi connectivity index (χ3v) is 8.35. The van der Waals surface area contributed by atoms with Gasteiger partial charge in [0.25, 0.3) is 0 Å². The van der Waals surface area contributed by atoms with Gasteiger partial charge in [-0.1, -0.05) is 112 Å². The third kappa shape index (κ3) is 32.5. The van der Waals surface area contributed by atoms with E-state index in [0.717, 1.165) is 89.9 Å². The average Bonchev–Trinajstić information content (AvgIpc) is 3.02. The van der Waals surface area contributed by atoms with Crippen molar-refractivity contribution in [3.63, 3.8) is 0 Å². The Hall–Kier alpha value is -2.06. The molecule has 276 valence electrons. The van der Waals surface area contributed by atoms with Crippen molar-refractivity contribution in [2.45, 2.75) is 129 Å². The SMILES string of the molecule is CC/C=C\C/C=C\C/C=C\CCCCCCCC(=O)NC(COP(=O)(O)OCC[N+](C)(C)C)C(O)/C=C/CC/C=C/CC/C=C/CCC. The summed E-state index contributed by atoms with van der Waals surface area (Å²) in [5, 5.41) is 13.7. The molecular formula is C39H70N2O6P+. The smallest absolute Gasteiger partial charge is 0.387 e. The number of quaternary nitrogens is 1. The fourth-order valence-corrected chi connectivity index (χ4v) is 5.18. The molecule has 0 aliphatic carbocycles. The minimum Gasteiger partial charge on any atom is -0.387 e. The molecular weight excluding hydrogens is 623 g/mol. The summed E-state index contributed by atoms with van der Waals surface area (Å²) in [7, 11) is 1.51. The van der Waals surface area contributed by atoms with Crippen molar-refractivity contribution in [1.29, 1.82) is 0 Å². The number of nitrogens with zero attached hydrogens (tertiary/aromatic N) is 1. The Morgan fingerprint density at radius 2 is 1.27 bits per heavy atom. The lowest BCUT2D eigenvalue weighted by atomic mass is 10.1. The molecule has 1 amide bonds. The molecule has 0 aliphatic rings. The lowest BCUT2D eigenvalue weighted by molar-refractivity contribution is -0.870. The second kappa shape index (κ2) is 31.0. The van der Waals surface area contributed by atoms with E-state index in [1.54, 1.807) is 6.08 Å². The van der Waals surface area contributed by atoms with Crippen molar-refractivity contribution in [1.82, 2.24) is 5.32 Å². The van der Waals surface area contributed by atoms with Gasteiger partial charge in [0.1, 0.15) is 13.2 Å². The van der Waals surface area contributed by atoms with E-state index in [0.29, 0.717) is 17.4 Å². The highest BCUT2D eigenvalue weighted by Crippen LogP contribution is 2.43. The molecule has 0 aromatic carbocycles. The monoisotopic (exact) mass is 693 g/mol. The van der Waals surface area contributed by atoms with Crippen LogP contribution in [0.1, 0.15) is 117 Å². The van der Waals surface area contributed by atoms with Crippen molar-refractivity contribution >= 4 is 13.7 Å². The lowest BCUT2D eigenvalue weighted by Gasteiger charge is -2.25. The van der Waals surface area contributed by atoms with Crippen LogP contribution in [0.3, 0.4) is 0 Å². The molecule has 48 heavy (non-hydrogen) atoms. The number of phosphoric ester groups is 1. The number of hydrogen-bond donors (Lipinski definition) is 3. The zero-order chi connectivity index (χ0) is 35.8. The van der Waals surface area contributed by atoms with Gasteiger partial charge in [0.05, 0.1) is 39.9 Å². The van der Waals surface area contributed by atoms with Crippen LogP contribution in [0.15, 0.2) is 72.9 Å². The van der Waals surface area contributed by atoms with Crippen LogP contribution < -0.4 is 5.32 Å². The van der Waals surface area contributed by atoms with Crippen molar-refractivity contribution in [3.05, 3.63) is 72.9 Å². The van der Waals surface area contributed by atoms with Crippen LogP contribution in [0.5, 0.6) is 0 Å². The molecule has 0 aromatic heterocycles. The minimum absolute atomic E-state index is 0.0458. The molecule has 0 rings (SSSR count). The first kappa shape index (κ1) is 45.9. The number of amides is 1. The molecule has 3 unspecified atom stereocenters. The maximum atomic E-state index is 12.8. The Kier molecular flexibility index (Phi) is 29.6. The largest absolute Gasteiger partial charge is 0.472 e. The summed E-state index contributed by atoms with van der Waals surface area (Å²) in [5.74, 6) is -0.216. The van der Waals surface area contributed by atoms with E-state index in [1.807, 2.05) is 27.2 Å². The molecule has 0 aromatic rings. The van der Waals surface area contributed by atoms with Gasteiger partial charge in [0.15, 0.2) is 0 Å². The molecule has 0 spiro atoms. The van der Waals surface area contributed by atoms with Crippen LogP contribution in [0, 0.1) is 0 Å². The number of unbranched alkanes of at least 4 members (excludes halogenated alkanes) is 8. The van der Waals surface area contributed by atoms with Gasteiger partial charge in [0, 0.05) is 6.42 Å². The van der Waals surface area contributed by atoms with Gasteiger partial charge in [-0.05, 0) is 70.6 Å². The molecule has 0 heterocycles. The second-order valence-corrected chi connectivity index (χ2v) is 14.6. The quantitative estimate of drug-likeness (QED) is 0.0289. The van der Waals surface area contributed by atoms with Crippen molar-refractivity contribution in [3.8, 4) is 0 Å². The number of rotatable bonds is 31. The number of aliphatic hydroxyl groups is 1. The Balaban J connectivity index is 4.65. The summed E-state index contributed by atoms with van der Waals surface area (Å²) >= 11 is 0. The lowest BCUT2D eigenvalue weighted by Crippen LogP contribution is -2.45. The van der Waals surface area contributed by atoms with E-state index in [1.165, 1.54) is 6.42 Å². The topological polar surface area (TPSA) is 105 Å². The van der Waals surface area contributed by atoms with Gasteiger partial charge in [-0.3, -0.25) is 13.8 Å². The maximum absolute atomic E-state index is 12.8. The maximum Gasteiger partial charge on any atom is 0.472 e. The van der Waals surface area contributed by atoms with Crippen LogP contribution in [0.2, 0.25) is 0 Å². The summed E-state index contributed by atoms with van der Waals surface area (Å²) in [6.45, 7) is 4.53. The highest BCUT2D eigenvalue weighted by atomic mass is 31.2. The Morgan fingerprint density at radius 1 is 0.729 bits per heavy atom. The zero-order valence-electron chi connectivity index (χ0n) is 30.9. The Bertz CT molecular complexity index is 1010. The van der Waals surface area contributed by atoms with Crippen molar-refractivity contribution < 1.29 is 32.9 Å². The molecule has 0 bridgehead atoms. The minimum atomic E-state index is -4.35. The normalized spacial score (nSPS) is 15.6. The van der Waals surface area contributed by atoms with E-state index in [2.05, 4.69) is 79.9 Å². The van der Waals surface area contributed by atoms with E-state index in [-0.39, 0.29) is 19.1 Å². The Labute approximate surface area is 294 Å². The van der Waals surface area contributed by atoms with Gasteiger partial charge >= 0.3 is 7.82 Å². The molecule has 3 atom stereocenters. The third-order valence-electron chi connectivity index (χ3n) is 7.37. The summed E-state index contributed by atoms with van der Waals surface area (Å²) < 4.78 is 23.4. The highest BCUT2D eigenvalue weighted by Gasteiger charge is 2.27. The van der Waals surface area contributed by atoms with E-state index < -0.39 is 20.0 Å². The van der Waals surface area contributed by atoms with Gasteiger partial charge < -0.3 is 19.8 Å². The summed E-state index contributed by atoms with van der Waals surface area (Å²) in [5.41, 5.74) is 0. The number of phosphoric acid groups is 1. The van der Waals surface area contributed by atoms with Crippen LogP contribution in [-0.4, -0.2) is 73.4 Å². The fourth-order valence-electron chi connectivity index (χ4n) is 4.44.